The number of ether oxygens (including phenoxy) is 1. The van der Waals surface area contributed by atoms with Crippen molar-refractivity contribution in [3.63, 3.8) is 0 Å². The summed E-state index contributed by atoms with van der Waals surface area (Å²) >= 11 is 0. The third-order valence-electron chi connectivity index (χ3n) is 4.28. The molecule has 0 amide bonds. The summed E-state index contributed by atoms with van der Waals surface area (Å²) in [6, 6.07) is 0. The Balaban J connectivity index is 2.60. The molecule has 0 aromatic heterocycles. The van der Waals surface area contributed by atoms with Crippen LogP contribution in [0.25, 0.3) is 0 Å². The SMILES string of the molecule is CCCN(C)CCC1CCCC1(NC)C(=O)OC. The maximum absolute atomic E-state index is 12.0. The zero-order valence-corrected chi connectivity index (χ0v) is 12.3. The molecule has 1 rings (SSSR count). The standard InChI is InChI=1S/C14H28N2O2/c1-5-10-16(3)11-8-12-7-6-9-14(12,15-2)13(17)18-4/h12,15H,5-11H2,1-4H3. The topological polar surface area (TPSA) is 41.6 Å². The number of likely N-dealkylation sites (N-methyl/N-ethyl adjacent to an activating group) is 1. The number of rotatable bonds is 7. The van der Waals surface area contributed by atoms with E-state index in [1.54, 1.807) is 0 Å². The minimum Gasteiger partial charge on any atom is -0.468 e. The number of hydrogen-bond donors (Lipinski definition) is 1. The molecule has 4 heteroatoms. The Morgan fingerprint density at radius 2 is 2.22 bits per heavy atom. The van der Waals surface area contributed by atoms with Gasteiger partial charge in [-0.3, -0.25) is 4.79 Å². The Morgan fingerprint density at radius 3 is 2.78 bits per heavy atom. The van der Waals surface area contributed by atoms with Gasteiger partial charge in [-0.2, -0.15) is 0 Å². The highest BCUT2D eigenvalue weighted by Gasteiger charge is 2.48. The molecule has 0 saturated heterocycles. The van der Waals surface area contributed by atoms with Crippen LogP contribution in [-0.4, -0.2) is 50.7 Å². The monoisotopic (exact) mass is 256 g/mol. The van der Waals surface area contributed by atoms with Gasteiger partial charge in [-0.05, 0) is 58.8 Å². The van der Waals surface area contributed by atoms with E-state index in [1.807, 2.05) is 7.05 Å². The summed E-state index contributed by atoms with van der Waals surface area (Å²) in [4.78, 5) is 14.4. The molecule has 1 aliphatic rings. The second-order valence-corrected chi connectivity index (χ2v) is 5.39. The Kier molecular flexibility index (Phi) is 6.09. The van der Waals surface area contributed by atoms with Crippen molar-refractivity contribution in [3.05, 3.63) is 0 Å². The van der Waals surface area contributed by atoms with Gasteiger partial charge in [0, 0.05) is 0 Å². The first kappa shape index (κ1) is 15.4. The van der Waals surface area contributed by atoms with E-state index in [-0.39, 0.29) is 5.97 Å². The van der Waals surface area contributed by atoms with Crippen molar-refractivity contribution >= 4 is 5.97 Å². The minimum atomic E-state index is -0.443. The predicted octanol–water partition coefficient (Wildman–Crippen LogP) is 1.65. The molecule has 1 N–H and O–H groups in total. The molecule has 1 saturated carbocycles. The normalized spacial score (nSPS) is 27.7. The van der Waals surface area contributed by atoms with Crippen LogP contribution in [0.3, 0.4) is 0 Å². The fourth-order valence-corrected chi connectivity index (χ4v) is 3.22. The van der Waals surface area contributed by atoms with Crippen molar-refractivity contribution in [2.75, 3.05) is 34.3 Å². The Labute approximate surface area is 111 Å². The fourth-order valence-electron chi connectivity index (χ4n) is 3.22. The number of nitrogens with one attached hydrogen (secondary N) is 1. The van der Waals surface area contributed by atoms with Crippen molar-refractivity contribution in [3.8, 4) is 0 Å². The largest absolute Gasteiger partial charge is 0.468 e. The quantitative estimate of drug-likeness (QED) is 0.703. The van der Waals surface area contributed by atoms with Crippen LogP contribution >= 0.6 is 0 Å². The van der Waals surface area contributed by atoms with E-state index in [9.17, 15) is 4.79 Å². The number of carbonyl (C=O) groups excluding carboxylic acids is 1. The van der Waals surface area contributed by atoms with E-state index >= 15 is 0 Å². The van der Waals surface area contributed by atoms with Crippen LogP contribution in [0.1, 0.15) is 39.0 Å². The first-order valence-electron chi connectivity index (χ1n) is 7.06. The number of carbonyl (C=O) groups is 1. The van der Waals surface area contributed by atoms with Crippen LogP contribution in [-0.2, 0) is 9.53 Å². The van der Waals surface area contributed by atoms with Crippen LogP contribution in [0.15, 0.2) is 0 Å². The van der Waals surface area contributed by atoms with Crippen molar-refractivity contribution < 1.29 is 9.53 Å². The van der Waals surface area contributed by atoms with Gasteiger partial charge in [-0.15, -0.1) is 0 Å². The maximum atomic E-state index is 12.0. The van der Waals surface area contributed by atoms with Crippen LogP contribution < -0.4 is 5.32 Å². The summed E-state index contributed by atoms with van der Waals surface area (Å²) in [5.41, 5.74) is -0.443. The van der Waals surface area contributed by atoms with E-state index in [2.05, 4.69) is 24.2 Å². The molecular formula is C14H28N2O2. The lowest BCUT2D eigenvalue weighted by atomic mass is 9.84. The highest BCUT2D eigenvalue weighted by atomic mass is 16.5. The zero-order chi connectivity index (χ0) is 13.6. The first-order valence-corrected chi connectivity index (χ1v) is 7.06. The lowest BCUT2D eigenvalue weighted by Crippen LogP contribution is -2.54. The molecule has 0 aliphatic heterocycles. The molecule has 0 radical (unpaired) electrons. The van der Waals surface area contributed by atoms with E-state index in [0.29, 0.717) is 5.92 Å². The molecule has 0 aromatic rings. The van der Waals surface area contributed by atoms with Gasteiger partial charge in [-0.25, -0.2) is 0 Å². The van der Waals surface area contributed by atoms with Gasteiger partial charge >= 0.3 is 5.97 Å². The van der Waals surface area contributed by atoms with Crippen molar-refractivity contribution in [1.82, 2.24) is 10.2 Å². The van der Waals surface area contributed by atoms with Gasteiger partial charge in [-0.1, -0.05) is 13.3 Å². The van der Waals surface area contributed by atoms with Gasteiger partial charge < -0.3 is 15.0 Å². The minimum absolute atomic E-state index is 0.0920. The molecule has 18 heavy (non-hydrogen) atoms. The van der Waals surface area contributed by atoms with Crippen molar-refractivity contribution in [1.29, 1.82) is 0 Å². The smallest absolute Gasteiger partial charge is 0.326 e. The molecule has 2 unspecified atom stereocenters. The molecule has 106 valence electrons. The summed E-state index contributed by atoms with van der Waals surface area (Å²) in [6.07, 6.45) is 5.37. The third-order valence-corrected chi connectivity index (χ3v) is 4.28. The summed E-state index contributed by atoms with van der Waals surface area (Å²) in [7, 11) is 5.52. The molecule has 1 aliphatic carbocycles. The van der Waals surface area contributed by atoms with Crippen molar-refractivity contribution in [2.24, 2.45) is 5.92 Å². The van der Waals surface area contributed by atoms with Gasteiger partial charge in [0.05, 0.1) is 7.11 Å². The lowest BCUT2D eigenvalue weighted by molar-refractivity contribution is -0.150. The third kappa shape index (κ3) is 3.23. The van der Waals surface area contributed by atoms with Crippen molar-refractivity contribution in [2.45, 2.75) is 44.6 Å². The average Bonchev–Trinajstić information content (AvgIpc) is 2.79. The second kappa shape index (κ2) is 7.10. The fraction of sp³-hybridized carbons (Fsp3) is 0.929. The van der Waals surface area contributed by atoms with Gasteiger partial charge in [0.25, 0.3) is 0 Å². The lowest BCUT2D eigenvalue weighted by Gasteiger charge is -2.33. The predicted molar refractivity (Wildman–Crippen MR) is 73.6 cm³/mol. The van der Waals surface area contributed by atoms with E-state index in [0.717, 1.165) is 38.8 Å². The average molecular weight is 256 g/mol. The van der Waals surface area contributed by atoms with Crippen LogP contribution in [0.5, 0.6) is 0 Å². The van der Waals surface area contributed by atoms with E-state index in [1.165, 1.54) is 13.5 Å². The number of esters is 1. The zero-order valence-electron chi connectivity index (χ0n) is 12.3. The Bertz CT molecular complexity index is 271. The van der Waals surface area contributed by atoms with Gasteiger partial charge in [0.15, 0.2) is 0 Å². The molecule has 2 atom stereocenters. The molecule has 0 aromatic carbocycles. The summed E-state index contributed by atoms with van der Waals surface area (Å²) < 4.78 is 5.00. The number of hydrogen-bond acceptors (Lipinski definition) is 4. The molecule has 4 nitrogen and oxygen atoms in total. The molecule has 0 bridgehead atoms. The van der Waals surface area contributed by atoms with E-state index in [4.69, 9.17) is 4.74 Å². The van der Waals surface area contributed by atoms with E-state index < -0.39 is 5.54 Å². The van der Waals surface area contributed by atoms with Gasteiger partial charge in [0.1, 0.15) is 5.54 Å². The Morgan fingerprint density at radius 1 is 1.50 bits per heavy atom. The molecular weight excluding hydrogens is 228 g/mol. The molecule has 0 spiro atoms. The van der Waals surface area contributed by atoms with Gasteiger partial charge in [0.2, 0.25) is 0 Å². The highest BCUT2D eigenvalue weighted by molar-refractivity contribution is 5.81. The second-order valence-electron chi connectivity index (χ2n) is 5.39. The maximum Gasteiger partial charge on any atom is 0.326 e. The van der Waals surface area contributed by atoms with Crippen LogP contribution in [0, 0.1) is 5.92 Å². The number of nitrogens with zero attached hydrogens (tertiary/aromatic N) is 1. The Hall–Kier alpha value is -0.610. The summed E-state index contributed by atoms with van der Waals surface area (Å²) in [6.45, 7) is 4.37. The summed E-state index contributed by atoms with van der Waals surface area (Å²) in [5, 5.41) is 3.24. The summed E-state index contributed by atoms with van der Waals surface area (Å²) in [5.74, 6) is 0.305. The van der Waals surface area contributed by atoms with Crippen LogP contribution in [0.4, 0.5) is 0 Å². The van der Waals surface area contributed by atoms with Crippen LogP contribution in [0.2, 0.25) is 0 Å². The molecule has 0 heterocycles. The number of methoxy groups -OCH3 is 1. The first-order chi connectivity index (χ1) is 8.60. The highest BCUT2D eigenvalue weighted by Crippen LogP contribution is 2.38. The molecule has 1 fully saturated rings.